The first-order valence-electron chi connectivity index (χ1n) is 10.5. The molecule has 5 rings (SSSR count). The van der Waals surface area contributed by atoms with Crippen LogP contribution in [0.1, 0.15) is 27.5 Å². The molecule has 4 N–H and O–H groups in total. The van der Waals surface area contributed by atoms with E-state index in [-0.39, 0.29) is 6.61 Å². The van der Waals surface area contributed by atoms with Crippen molar-refractivity contribution in [1.82, 2.24) is 0 Å². The summed E-state index contributed by atoms with van der Waals surface area (Å²) in [4.78, 5) is 0. The van der Waals surface area contributed by atoms with Crippen LogP contribution in [0.25, 0.3) is 0 Å². The number of hydrogen-bond donors (Lipinski definition) is 4. The van der Waals surface area contributed by atoms with Crippen LogP contribution in [-0.2, 0) is 12.8 Å². The summed E-state index contributed by atoms with van der Waals surface area (Å²) in [6.45, 7) is 1.41. The first kappa shape index (κ1) is 20.9. The van der Waals surface area contributed by atoms with Gasteiger partial charge in [-0.25, -0.2) is 0 Å². The van der Waals surface area contributed by atoms with Gasteiger partial charge in [0.25, 0.3) is 0 Å². The summed E-state index contributed by atoms with van der Waals surface area (Å²) in [6, 6.07) is 9.91. The minimum absolute atomic E-state index is 0.274. The average molecular weight is 447 g/mol. The van der Waals surface area contributed by atoms with Crippen molar-refractivity contribution < 1.29 is 34.6 Å². The lowest BCUT2D eigenvalue weighted by molar-refractivity contribution is -0.0700. The van der Waals surface area contributed by atoms with E-state index >= 15 is 0 Å². The predicted molar refractivity (Wildman–Crippen MR) is 115 cm³/mol. The molecule has 0 spiro atoms. The van der Waals surface area contributed by atoms with Crippen LogP contribution in [0.15, 0.2) is 30.3 Å². The Morgan fingerprint density at radius 3 is 2.48 bits per heavy atom. The van der Waals surface area contributed by atoms with Crippen LogP contribution in [0.4, 0.5) is 0 Å². The van der Waals surface area contributed by atoms with Crippen LogP contribution in [-0.4, -0.2) is 70.4 Å². The fraction of sp³-hybridized carbons (Fsp3) is 0.478. The summed E-state index contributed by atoms with van der Waals surface area (Å²) in [5, 5.41) is 39.7. The van der Waals surface area contributed by atoms with E-state index in [2.05, 4.69) is 0 Å². The average Bonchev–Trinajstić information content (AvgIpc) is 3.27. The van der Waals surface area contributed by atoms with Gasteiger partial charge in [0.15, 0.2) is 11.5 Å². The Bertz CT molecular complexity index is 963. The quantitative estimate of drug-likeness (QED) is 0.555. The molecule has 0 amide bonds. The zero-order valence-electron chi connectivity index (χ0n) is 16.9. The van der Waals surface area contributed by atoms with Gasteiger partial charge in [0, 0.05) is 12.8 Å². The van der Waals surface area contributed by atoms with E-state index in [0.29, 0.717) is 26.2 Å². The number of hydrogen-bond acceptors (Lipinski definition) is 8. The predicted octanol–water partition coefficient (Wildman–Crippen LogP) is 1.21. The standard InChI is InChI=1S/C23H26O7S/c24-11-18-19(25)20(26)21(27)23(31-18)15-9-13-3-4-30-22(13)14(10-15)7-12-1-2-16-17(8-12)29-6-5-28-16/h1-2,8-10,18-21,23-27H,3-7,11H2/t18-,19-,20+,21-,23+/m1/s1. The Balaban J connectivity index is 1.48. The molecule has 0 aromatic heterocycles. The summed E-state index contributed by atoms with van der Waals surface area (Å²) in [7, 11) is 0. The number of ether oxygens (including phenoxy) is 3. The van der Waals surface area contributed by atoms with Crippen molar-refractivity contribution in [2.75, 3.05) is 26.4 Å². The first-order valence-corrected chi connectivity index (χ1v) is 11.5. The molecule has 0 unspecified atom stereocenters. The van der Waals surface area contributed by atoms with Gasteiger partial charge in [0.05, 0.1) is 35.9 Å². The van der Waals surface area contributed by atoms with Crippen LogP contribution in [0, 0.1) is 0 Å². The third kappa shape index (κ3) is 3.87. The van der Waals surface area contributed by atoms with Crippen molar-refractivity contribution in [2.45, 2.75) is 41.7 Å². The largest absolute Gasteiger partial charge is 0.493 e. The highest BCUT2D eigenvalue weighted by atomic mass is 32.2. The second-order valence-corrected chi connectivity index (χ2v) is 9.56. The molecule has 3 aliphatic rings. The highest BCUT2D eigenvalue weighted by molar-refractivity contribution is 8.00. The van der Waals surface area contributed by atoms with Gasteiger partial charge in [0.1, 0.15) is 25.1 Å². The Labute approximate surface area is 184 Å². The summed E-state index contributed by atoms with van der Waals surface area (Å²) < 4.78 is 17.2. The molecular weight excluding hydrogens is 420 g/mol. The van der Waals surface area contributed by atoms with E-state index in [4.69, 9.17) is 14.2 Å². The Morgan fingerprint density at radius 2 is 1.68 bits per heavy atom. The van der Waals surface area contributed by atoms with Gasteiger partial charge >= 0.3 is 0 Å². The van der Waals surface area contributed by atoms with Crippen molar-refractivity contribution in [1.29, 1.82) is 0 Å². The Morgan fingerprint density at radius 1 is 0.871 bits per heavy atom. The smallest absolute Gasteiger partial charge is 0.161 e. The van der Waals surface area contributed by atoms with Crippen molar-refractivity contribution in [3.63, 3.8) is 0 Å². The van der Waals surface area contributed by atoms with E-state index in [9.17, 15) is 20.4 Å². The number of thioether (sulfide) groups is 1. The number of aliphatic hydroxyl groups excluding tert-OH is 4. The SMILES string of the molecule is OC[C@H]1S[C@@H](c2cc3c(c(Cc4ccc5c(c4)OCCO5)c2)OCC3)[C@H](O)[C@@H](O)[C@@H]1O. The molecule has 0 saturated carbocycles. The van der Waals surface area contributed by atoms with E-state index in [1.807, 2.05) is 30.3 Å². The zero-order valence-corrected chi connectivity index (χ0v) is 17.8. The van der Waals surface area contributed by atoms with Crippen LogP contribution in [0.2, 0.25) is 0 Å². The second kappa shape index (κ2) is 8.52. The molecule has 3 heterocycles. The Kier molecular flexibility index (Phi) is 5.75. The first-order chi connectivity index (χ1) is 15.0. The summed E-state index contributed by atoms with van der Waals surface area (Å²) >= 11 is 1.30. The van der Waals surface area contributed by atoms with Gasteiger partial charge in [0.2, 0.25) is 0 Å². The number of aliphatic hydroxyl groups is 4. The van der Waals surface area contributed by atoms with Gasteiger partial charge < -0.3 is 34.6 Å². The van der Waals surface area contributed by atoms with E-state index in [1.54, 1.807) is 0 Å². The molecule has 31 heavy (non-hydrogen) atoms. The number of fused-ring (bicyclic) bond motifs is 2. The van der Waals surface area contributed by atoms with Crippen molar-refractivity contribution >= 4 is 11.8 Å². The highest BCUT2D eigenvalue weighted by Crippen LogP contribution is 2.45. The normalized spacial score (nSPS) is 29.4. The number of rotatable bonds is 4. The van der Waals surface area contributed by atoms with Gasteiger partial charge in [-0.15, -0.1) is 11.8 Å². The van der Waals surface area contributed by atoms with E-state index in [1.165, 1.54) is 11.8 Å². The third-order valence-electron chi connectivity index (χ3n) is 6.10. The molecule has 7 nitrogen and oxygen atoms in total. The second-order valence-electron chi connectivity index (χ2n) is 8.17. The lowest BCUT2D eigenvalue weighted by atomic mass is 9.92. The van der Waals surface area contributed by atoms with Crippen molar-refractivity contribution in [3.05, 3.63) is 52.6 Å². The molecule has 2 aromatic rings. The van der Waals surface area contributed by atoms with Gasteiger partial charge in [-0.1, -0.05) is 18.2 Å². The fourth-order valence-corrected chi connectivity index (χ4v) is 5.91. The van der Waals surface area contributed by atoms with Crippen LogP contribution < -0.4 is 14.2 Å². The fourth-order valence-electron chi connectivity index (χ4n) is 4.51. The summed E-state index contributed by atoms with van der Waals surface area (Å²) in [6.07, 6.45) is -2.22. The molecule has 0 radical (unpaired) electrons. The molecule has 1 saturated heterocycles. The molecule has 2 aromatic carbocycles. The number of benzene rings is 2. The highest BCUT2D eigenvalue weighted by Gasteiger charge is 2.44. The molecule has 8 heteroatoms. The van der Waals surface area contributed by atoms with Crippen LogP contribution >= 0.6 is 11.8 Å². The van der Waals surface area contributed by atoms with Gasteiger partial charge in [-0.05, 0) is 34.4 Å². The van der Waals surface area contributed by atoms with Crippen molar-refractivity contribution in [2.24, 2.45) is 0 Å². The van der Waals surface area contributed by atoms with Gasteiger partial charge in [-0.3, -0.25) is 0 Å². The van der Waals surface area contributed by atoms with Crippen LogP contribution in [0.5, 0.6) is 17.2 Å². The summed E-state index contributed by atoms with van der Waals surface area (Å²) in [5.41, 5.74) is 3.98. The minimum atomic E-state index is -1.31. The zero-order chi connectivity index (χ0) is 21.5. The monoisotopic (exact) mass is 446 g/mol. The molecular formula is C23H26O7S. The molecule has 1 fully saturated rings. The van der Waals surface area contributed by atoms with Crippen LogP contribution in [0.3, 0.4) is 0 Å². The Hall–Kier alpha value is -1.97. The van der Waals surface area contributed by atoms with Gasteiger partial charge in [-0.2, -0.15) is 0 Å². The molecule has 5 atom stereocenters. The summed E-state index contributed by atoms with van der Waals surface area (Å²) in [5.74, 6) is 2.35. The lowest BCUT2D eigenvalue weighted by Crippen LogP contribution is -2.51. The molecule has 3 aliphatic heterocycles. The topological polar surface area (TPSA) is 109 Å². The van der Waals surface area contributed by atoms with Crippen molar-refractivity contribution in [3.8, 4) is 17.2 Å². The molecule has 0 bridgehead atoms. The molecule has 0 aliphatic carbocycles. The minimum Gasteiger partial charge on any atom is -0.493 e. The maximum absolute atomic E-state index is 10.7. The van der Waals surface area contributed by atoms with E-state index in [0.717, 1.165) is 45.9 Å². The maximum atomic E-state index is 10.7. The van der Waals surface area contributed by atoms with E-state index < -0.39 is 28.8 Å². The molecule has 166 valence electrons. The maximum Gasteiger partial charge on any atom is 0.161 e. The lowest BCUT2D eigenvalue weighted by Gasteiger charge is -2.39. The third-order valence-corrected chi connectivity index (χ3v) is 7.73.